The standard InChI is InChI=1S/C13H11ClN4O.C2H6/c1-17-9-6-4-3-5-8(9)12(19)18(2)10-7-15-13(14)16-11(10)17;1-2/h3-7H,1-2H3;1-2H3. The van der Waals surface area contributed by atoms with Gasteiger partial charge >= 0.3 is 0 Å². The Labute approximate surface area is 129 Å². The fourth-order valence-electron chi connectivity index (χ4n) is 2.18. The highest BCUT2D eigenvalue weighted by Gasteiger charge is 2.28. The van der Waals surface area contributed by atoms with Gasteiger partial charge in [0.1, 0.15) is 5.69 Å². The van der Waals surface area contributed by atoms with E-state index in [0.29, 0.717) is 17.1 Å². The van der Waals surface area contributed by atoms with Gasteiger partial charge in [0.05, 0.1) is 17.4 Å². The van der Waals surface area contributed by atoms with Gasteiger partial charge in [0.25, 0.3) is 5.91 Å². The summed E-state index contributed by atoms with van der Waals surface area (Å²) in [5, 5.41) is 0.158. The molecule has 6 heteroatoms. The summed E-state index contributed by atoms with van der Waals surface area (Å²) in [7, 11) is 3.56. The van der Waals surface area contributed by atoms with E-state index in [1.54, 1.807) is 19.3 Å². The van der Waals surface area contributed by atoms with Crippen molar-refractivity contribution in [3.05, 3.63) is 41.3 Å². The van der Waals surface area contributed by atoms with Crippen LogP contribution in [0.1, 0.15) is 24.2 Å². The van der Waals surface area contributed by atoms with E-state index in [1.165, 1.54) is 4.90 Å². The molecule has 1 aromatic heterocycles. The Morgan fingerprint density at radius 3 is 2.43 bits per heavy atom. The number of nitrogens with zero attached hydrogens (tertiary/aromatic N) is 4. The van der Waals surface area contributed by atoms with E-state index < -0.39 is 0 Å². The van der Waals surface area contributed by atoms with Crippen molar-refractivity contribution < 1.29 is 4.79 Å². The number of para-hydroxylation sites is 1. The zero-order valence-electron chi connectivity index (χ0n) is 12.5. The highest BCUT2D eigenvalue weighted by molar-refractivity contribution is 6.28. The highest BCUT2D eigenvalue weighted by atomic mass is 35.5. The van der Waals surface area contributed by atoms with Crippen molar-refractivity contribution in [3.8, 4) is 0 Å². The summed E-state index contributed by atoms with van der Waals surface area (Å²) in [5.74, 6) is 0.521. The number of rotatable bonds is 0. The summed E-state index contributed by atoms with van der Waals surface area (Å²) in [4.78, 5) is 24.0. The number of carbonyl (C=O) groups is 1. The van der Waals surface area contributed by atoms with Crippen LogP contribution >= 0.6 is 11.6 Å². The quantitative estimate of drug-likeness (QED) is 0.699. The molecule has 0 unspecified atom stereocenters. The second-order valence-corrected chi connectivity index (χ2v) is 4.63. The molecular formula is C15H17ClN4O. The molecule has 0 bridgehead atoms. The van der Waals surface area contributed by atoms with Gasteiger partial charge < -0.3 is 9.80 Å². The maximum absolute atomic E-state index is 12.4. The first-order valence-electron chi connectivity index (χ1n) is 6.73. The van der Waals surface area contributed by atoms with Crippen LogP contribution in [0, 0.1) is 0 Å². The molecule has 0 radical (unpaired) electrons. The van der Waals surface area contributed by atoms with Crippen LogP contribution in [0.25, 0.3) is 0 Å². The van der Waals surface area contributed by atoms with Gasteiger partial charge in [-0.15, -0.1) is 0 Å². The van der Waals surface area contributed by atoms with E-state index in [0.717, 1.165) is 5.69 Å². The summed E-state index contributed by atoms with van der Waals surface area (Å²) in [6.07, 6.45) is 1.56. The van der Waals surface area contributed by atoms with Crippen LogP contribution in [0.15, 0.2) is 30.5 Å². The van der Waals surface area contributed by atoms with Gasteiger partial charge in [-0.05, 0) is 23.7 Å². The lowest BCUT2D eigenvalue weighted by Gasteiger charge is -2.20. The second kappa shape index (κ2) is 6.10. The van der Waals surface area contributed by atoms with Crippen LogP contribution in [0.2, 0.25) is 5.28 Å². The van der Waals surface area contributed by atoms with E-state index in [1.807, 2.05) is 44.0 Å². The first-order valence-corrected chi connectivity index (χ1v) is 7.10. The van der Waals surface area contributed by atoms with Crippen molar-refractivity contribution in [2.45, 2.75) is 13.8 Å². The third kappa shape index (κ3) is 2.56. The third-order valence-corrected chi connectivity index (χ3v) is 3.38. The summed E-state index contributed by atoms with van der Waals surface area (Å²) >= 11 is 5.85. The monoisotopic (exact) mass is 304 g/mol. The minimum atomic E-state index is -0.0906. The van der Waals surface area contributed by atoms with E-state index in [-0.39, 0.29) is 11.2 Å². The average Bonchev–Trinajstić information content (AvgIpc) is 2.61. The molecule has 1 amide bonds. The zero-order valence-corrected chi connectivity index (χ0v) is 13.2. The second-order valence-electron chi connectivity index (χ2n) is 4.29. The van der Waals surface area contributed by atoms with E-state index in [2.05, 4.69) is 9.97 Å². The number of hydrogen-bond donors (Lipinski definition) is 0. The van der Waals surface area contributed by atoms with Gasteiger partial charge in [0.15, 0.2) is 5.82 Å². The largest absolute Gasteiger partial charge is 0.327 e. The Morgan fingerprint density at radius 1 is 1.05 bits per heavy atom. The molecule has 110 valence electrons. The Kier molecular flexibility index (Phi) is 4.43. The van der Waals surface area contributed by atoms with Gasteiger partial charge in [-0.3, -0.25) is 4.79 Å². The lowest BCUT2D eigenvalue weighted by molar-refractivity contribution is 0.0994. The van der Waals surface area contributed by atoms with Crippen LogP contribution < -0.4 is 9.80 Å². The number of amides is 1. The molecule has 0 spiro atoms. The number of benzene rings is 1. The molecule has 21 heavy (non-hydrogen) atoms. The van der Waals surface area contributed by atoms with Gasteiger partial charge in [-0.25, -0.2) is 4.98 Å². The molecule has 1 aliphatic rings. The van der Waals surface area contributed by atoms with Gasteiger partial charge in [-0.1, -0.05) is 26.0 Å². The van der Waals surface area contributed by atoms with E-state index in [4.69, 9.17) is 11.6 Å². The molecule has 0 fully saturated rings. The molecule has 5 nitrogen and oxygen atoms in total. The summed E-state index contributed by atoms with van der Waals surface area (Å²) < 4.78 is 0. The van der Waals surface area contributed by atoms with Crippen molar-refractivity contribution in [1.82, 2.24) is 9.97 Å². The Balaban J connectivity index is 0.000000774. The highest BCUT2D eigenvalue weighted by Crippen LogP contribution is 2.37. The van der Waals surface area contributed by atoms with Crippen LogP contribution in [0.4, 0.5) is 17.2 Å². The van der Waals surface area contributed by atoms with Crippen LogP contribution in [-0.2, 0) is 0 Å². The summed E-state index contributed by atoms with van der Waals surface area (Å²) in [5.41, 5.74) is 2.06. The first kappa shape index (κ1) is 15.3. The molecule has 1 aromatic carbocycles. The van der Waals surface area contributed by atoms with Gasteiger partial charge in [0, 0.05) is 14.1 Å². The van der Waals surface area contributed by atoms with E-state index in [9.17, 15) is 4.79 Å². The van der Waals surface area contributed by atoms with Gasteiger partial charge in [0.2, 0.25) is 5.28 Å². The zero-order chi connectivity index (χ0) is 15.6. The van der Waals surface area contributed by atoms with Crippen LogP contribution in [-0.4, -0.2) is 30.0 Å². The molecule has 1 aliphatic heterocycles. The molecular weight excluding hydrogens is 288 g/mol. The number of halogens is 1. The molecule has 0 N–H and O–H groups in total. The molecule has 0 saturated carbocycles. The Bertz CT molecular complexity index is 674. The number of aromatic nitrogens is 2. The predicted octanol–water partition coefficient (Wildman–Crippen LogP) is 3.51. The van der Waals surface area contributed by atoms with Crippen molar-refractivity contribution in [1.29, 1.82) is 0 Å². The Hall–Kier alpha value is -2.14. The normalized spacial score (nSPS) is 12.9. The summed E-state index contributed by atoms with van der Waals surface area (Å²) in [6, 6.07) is 7.40. The fraction of sp³-hybridized carbons (Fsp3) is 0.267. The number of hydrogen-bond acceptors (Lipinski definition) is 4. The SMILES string of the molecule is CC.CN1C(=O)c2ccccc2N(C)c2nc(Cl)ncc21. The van der Waals surface area contributed by atoms with Crippen LogP contribution in [0.3, 0.4) is 0 Å². The molecule has 0 aliphatic carbocycles. The maximum Gasteiger partial charge on any atom is 0.260 e. The molecule has 2 heterocycles. The van der Waals surface area contributed by atoms with Crippen molar-refractivity contribution in [3.63, 3.8) is 0 Å². The molecule has 0 saturated heterocycles. The minimum Gasteiger partial charge on any atom is -0.327 e. The topological polar surface area (TPSA) is 49.3 Å². The lowest BCUT2D eigenvalue weighted by atomic mass is 10.1. The number of carbonyl (C=O) groups excluding carboxylic acids is 1. The average molecular weight is 305 g/mol. The number of anilines is 3. The molecule has 3 rings (SSSR count). The van der Waals surface area contributed by atoms with Crippen molar-refractivity contribution in [2.24, 2.45) is 0 Å². The van der Waals surface area contributed by atoms with Crippen molar-refractivity contribution >= 4 is 34.7 Å². The third-order valence-electron chi connectivity index (χ3n) is 3.20. The first-order chi connectivity index (χ1) is 10.1. The lowest BCUT2D eigenvalue weighted by Crippen LogP contribution is -2.25. The maximum atomic E-state index is 12.4. The van der Waals surface area contributed by atoms with Crippen LogP contribution in [0.5, 0.6) is 0 Å². The molecule has 0 atom stereocenters. The summed E-state index contributed by atoms with van der Waals surface area (Å²) in [6.45, 7) is 4.00. The minimum absolute atomic E-state index is 0.0906. The van der Waals surface area contributed by atoms with E-state index >= 15 is 0 Å². The fourth-order valence-corrected chi connectivity index (χ4v) is 2.31. The number of fused-ring (bicyclic) bond motifs is 2. The Morgan fingerprint density at radius 2 is 1.71 bits per heavy atom. The molecule has 2 aromatic rings. The predicted molar refractivity (Wildman–Crippen MR) is 85.6 cm³/mol. The smallest absolute Gasteiger partial charge is 0.260 e. The van der Waals surface area contributed by atoms with Gasteiger partial charge in [-0.2, -0.15) is 4.98 Å². The van der Waals surface area contributed by atoms with Crippen molar-refractivity contribution in [2.75, 3.05) is 23.9 Å².